The van der Waals surface area contributed by atoms with Crippen LogP contribution in [0.3, 0.4) is 0 Å². The first-order valence-electron chi connectivity index (χ1n) is 4.18. The van der Waals surface area contributed by atoms with E-state index in [0.717, 1.165) is 0 Å². The molecule has 0 saturated carbocycles. The highest BCUT2D eigenvalue weighted by atomic mass is 16.5. The van der Waals surface area contributed by atoms with Crippen molar-refractivity contribution in [1.29, 1.82) is 5.53 Å². The summed E-state index contributed by atoms with van der Waals surface area (Å²) in [6.07, 6.45) is 0.00700. The molecule has 0 unspecified atom stereocenters. The Morgan fingerprint density at radius 1 is 1.29 bits per heavy atom. The van der Waals surface area contributed by atoms with Crippen LogP contribution in [0.5, 0.6) is 0 Å². The third-order valence-electron chi connectivity index (χ3n) is 1.24. The monoisotopic (exact) mass is 204 g/mol. The molecule has 0 aromatic rings. The minimum absolute atomic E-state index is 0.00700. The molecule has 0 aliphatic carbocycles. The molecule has 80 valence electrons. The van der Waals surface area contributed by atoms with Crippen LogP contribution >= 0.6 is 0 Å². The van der Waals surface area contributed by atoms with Gasteiger partial charge in [-0.1, -0.05) is 0 Å². The van der Waals surface area contributed by atoms with Crippen LogP contribution < -0.4 is 4.91 Å². The van der Waals surface area contributed by atoms with Crippen LogP contribution in [0.25, 0.3) is 0 Å². The van der Waals surface area contributed by atoms with Gasteiger partial charge in [0.05, 0.1) is 32.8 Å². The Morgan fingerprint density at radius 3 is 2.50 bits per heavy atom. The van der Waals surface area contributed by atoms with Gasteiger partial charge in [0, 0.05) is 0 Å². The van der Waals surface area contributed by atoms with Gasteiger partial charge in [0.2, 0.25) is 4.91 Å². The second-order valence-electron chi connectivity index (χ2n) is 2.33. The Bertz CT molecular complexity index is 195. The summed E-state index contributed by atoms with van der Waals surface area (Å²) in [5, 5.41) is 11.6. The number of carboxylic acids is 1. The van der Waals surface area contributed by atoms with Gasteiger partial charge in [0.1, 0.15) is 17.2 Å². The summed E-state index contributed by atoms with van der Waals surface area (Å²) in [5.74, 6) is -0.873. The quantitative estimate of drug-likeness (QED) is 0.314. The molecule has 7 heteroatoms. The van der Waals surface area contributed by atoms with Crippen molar-refractivity contribution in [2.24, 2.45) is 5.11 Å². The second-order valence-corrected chi connectivity index (χ2v) is 2.33. The standard InChI is InChI=1S/C7H13N3O4/c8-10-9-2-4-14-6-5-13-3-1-7(11)12/h8H,1-6H2/p+1. The number of nitrogens with zero attached hydrogens (tertiary/aromatic N) is 2. The van der Waals surface area contributed by atoms with E-state index in [9.17, 15) is 4.79 Å². The van der Waals surface area contributed by atoms with E-state index in [1.54, 1.807) is 0 Å². The topological polar surface area (TPSA) is 106 Å². The summed E-state index contributed by atoms with van der Waals surface area (Å²) in [6, 6.07) is 0. The van der Waals surface area contributed by atoms with Crippen molar-refractivity contribution >= 4 is 5.97 Å². The summed E-state index contributed by atoms with van der Waals surface area (Å²) in [5.41, 5.74) is 6.34. The average Bonchev–Trinajstić information content (AvgIpc) is 2.15. The molecular weight excluding hydrogens is 190 g/mol. The van der Waals surface area contributed by atoms with Gasteiger partial charge in [-0.25, -0.2) is 0 Å². The molecule has 0 radical (unpaired) electrons. The Balaban J connectivity index is 2.99. The summed E-state index contributed by atoms with van der Waals surface area (Å²) in [7, 11) is 0. The average molecular weight is 204 g/mol. The van der Waals surface area contributed by atoms with Gasteiger partial charge in [0.25, 0.3) is 0 Å². The molecule has 0 aromatic carbocycles. The van der Waals surface area contributed by atoms with E-state index in [2.05, 4.69) is 10.0 Å². The van der Waals surface area contributed by atoms with Gasteiger partial charge in [-0.2, -0.15) is 0 Å². The fraction of sp³-hybridized carbons (Fsp3) is 0.857. The number of hydrogen-bond donors (Lipinski definition) is 2. The number of ether oxygens (including phenoxy) is 2. The second kappa shape index (κ2) is 9.79. The van der Waals surface area contributed by atoms with Crippen LogP contribution in [-0.2, 0) is 14.3 Å². The number of carbonyl (C=O) groups is 1. The predicted molar refractivity (Wildman–Crippen MR) is 46.0 cm³/mol. The van der Waals surface area contributed by atoms with E-state index in [0.29, 0.717) is 26.4 Å². The highest BCUT2D eigenvalue weighted by molar-refractivity contribution is 5.66. The van der Waals surface area contributed by atoms with Crippen molar-refractivity contribution in [3.63, 3.8) is 0 Å². The Hall–Kier alpha value is -1.30. The Kier molecular flexibility index (Phi) is 8.88. The number of nitrogens with one attached hydrogen (secondary N) is 1. The van der Waals surface area contributed by atoms with Gasteiger partial charge in [0.15, 0.2) is 0 Å². The lowest BCUT2D eigenvalue weighted by Gasteiger charge is -2.01. The molecule has 0 aliphatic rings. The van der Waals surface area contributed by atoms with Crippen molar-refractivity contribution in [3.05, 3.63) is 0 Å². The molecule has 0 rings (SSSR count). The smallest absolute Gasteiger partial charge is 0.305 e. The van der Waals surface area contributed by atoms with E-state index in [1.807, 2.05) is 0 Å². The zero-order valence-corrected chi connectivity index (χ0v) is 7.81. The molecule has 0 saturated heterocycles. The van der Waals surface area contributed by atoms with Crippen molar-refractivity contribution in [1.82, 2.24) is 4.91 Å². The maximum atomic E-state index is 10.1. The third kappa shape index (κ3) is 10.7. The highest BCUT2D eigenvalue weighted by Gasteiger charge is 1.96. The molecule has 0 aromatic heterocycles. The number of aliphatic carboxylic acids is 1. The highest BCUT2D eigenvalue weighted by Crippen LogP contribution is 1.83. The lowest BCUT2D eigenvalue weighted by Crippen LogP contribution is -2.09. The Morgan fingerprint density at radius 2 is 1.93 bits per heavy atom. The lowest BCUT2D eigenvalue weighted by molar-refractivity contribution is -0.138. The van der Waals surface area contributed by atoms with Crippen molar-refractivity contribution in [2.75, 3.05) is 33.0 Å². The van der Waals surface area contributed by atoms with Crippen molar-refractivity contribution < 1.29 is 19.4 Å². The van der Waals surface area contributed by atoms with E-state index < -0.39 is 5.97 Å². The lowest BCUT2D eigenvalue weighted by atomic mass is 10.5. The first kappa shape index (κ1) is 12.7. The van der Waals surface area contributed by atoms with Crippen LogP contribution in [0.15, 0.2) is 5.11 Å². The third-order valence-corrected chi connectivity index (χ3v) is 1.24. The molecule has 0 spiro atoms. The summed E-state index contributed by atoms with van der Waals surface area (Å²) in [6.45, 7) is 1.72. The SMILES string of the molecule is N=[N+]=NCCOCCOCCC(=O)O. The summed E-state index contributed by atoms with van der Waals surface area (Å²) < 4.78 is 9.99. The van der Waals surface area contributed by atoms with E-state index in [1.165, 1.54) is 0 Å². The fourth-order valence-electron chi connectivity index (χ4n) is 0.637. The van der Waals surface area contributed by atoms with Gasteiger partial charge in [-0.15, -0.1) is 0 Å². The van der Waals surface area contributed by atoms with E-state index >= 15 is 0 Å². The minimum atomic E-state index is -0.873. The maximum absolute atomic E-state index is 10.1. The molecule has 0 heterocycles. The Labute approximate surface area is 81.2 Å². The molecule has 0 aliphatic heterocycles. The molecule has 2 N–H and O–H groups in total. The first-order chi connectivity index (χ1) is 6.77. The van der Waals surface area contributed by atoms with Crippen molar-refractivity contribution in [2.45, 2.75) is 6.42 Å². The summed E-state index contributed by atoms with van der Waals surface area (Å²) >= 11 is 0. The maximum Gasteiger partial charge on any atom is 0.305 e. The van der Waals surface area contributed by atoms with Crippen LogP contribution in [0.1, 0.15) is 6.42 Å². The van der Waals surface area contributed by atoms with Gasteiger partial charge in [-0.3, -0.25) is 4.79 Å². The van der Waals surface area contributed by atoms with E-state index in [4.69, 9.17) is 20.1 Å². The number of rotatable bonds is 9. The largest absolute Gasteiger partial charge is 0.481 e. The predicted octanol–water partition coefficient (Wildman–Crippen LogP) is 0.0447. The van der Waals surface area contributed by atoms with Crippen LogP contribution in [0.4, 0.5) is 0 Å². The number of hydrogen-bond acceptors (Lipinski definition) is 5. The summed E-state index contributed by atoms with van der Waals surface area (Å²) in [4.78, 5) is 12.9. The molecule has 7 nitrogen and oxygen atoms in total. The number of carboxylic acid groups (broad SMARTS) is 1. The molecule has 0 bridgehead atoms. The molecule has 0 fully saturated rings. The fourth-order valence-corrected chi connectivity index (χ4v) is 0.637. The molecular formula is C7H14N3O4+. The zero-order valence-electron chi connectivity index (χ0n) is 7.81. The van der Waals surface area contributed by atoms with Gasteiger partial charge >= 0.3 is 5.97 Å². The van der Waals surface area contributed by atoms with Gasteiger partial charge < -0.3 is 14.6 Å². The molecule has 0 atom stereocenters. The van der Waals surface area contributed by atoms with E-state index in [-0.39, 0.29) is 13.0 Å². The van der Waals surface area contributed by atoms with Crippen LogP contribution in [-0.4, -0.2) is 44.0 Å². The van der Waals surface area contributed by atoms with Crippen molar-refractivity contribution in [3.8, 4) is 0 Å². The normalized spacial score (nSPS) is 9.43. The van der Waals surface area contributed by atoms with Gasteiger partial charge in [-0.05, 0) is 0 Å². The van der Waals surface area contributed by atoms with Crippen LogP contribution in [0, 0.1) is 5.53 Å². The molecule has 14 heavy (non-hydrogen) atoms. The first-order valence-corrected chi connectivity index (χ1v) is 4.18. The zero-order chi connectivity index (χ0) is 10.6. The molecule has 0 amide bonds. The van der Waals surface area contributed by atoms with Crippen LogP contribution in [0.2, 0.25) is 0 Å². The minimum Gasteiger partial charge on any atom is -0.481 e.